The van der Waals surface area contributed by atoms with Crippen molar-refractivity contribution in [3.05, 3.63) is 26.6 Å². The normalized spacial score (nSPS) is 12.4. The van der Waals surface area contributed by atoms with E-state index in [-0.39, 0.29) is 13.2 Å². The molecule has 114 valence electrons. The Morgan fingerprint density at radius 3 is 2.40 bits per heavy atom. The highest BCUT2D eigenvalue weighted by Gasteiger charge is 2.11. The first-order valence-corrected chi connectivity index (χ1v) is 7.72. The van der Waals surface area contributed by atoms with E-state index in [1.54, 1.807) is 7.11 Å². The molecule has 0 fully saturated rings. The SMILES string of the molecule is COCCOCC(O)COc1c(Br)cc(CN)cc1Br. The second-order valence-electron chi connectivity index (χ2n) is 4.13. The summed E-state index contributed by atoms with van der Waals surface area (Å²) in [6.07, 6.45) is -0.695. The highest BCUT2D eigenvalue weighted by atomic mass is 79.9. The first-order valence-electron chi connectivity index (χ1n) is 6.14. The number of aliphatic hydroxyl groups is 1. The van der Waals surface area contributed by atoms with Crippen LogP contribution < -0.4 is 10.5 Å². The van der Waals surface area contributed by atoms with Crippen LogP contribution in [0.15, 0.2) is 21.1 Å². The molecule has 0 bridgehead atoms. The van der Waals surface area contributed by atoms with Gasteiger partial charge in [0.2, 0.25) is 0 Å². The van der Waals surface area contributed by atoms with Gasteiger partial charge in [0.1, 0.15) is 18.5 Å². The molecule has 0 radical (unpaired) electrons. The Kier molecular flexibility index (Phi) is 8.67. The van der Waals surface area contributed by atoms with Crippen LogP contribution in [-0.2, 0) is 16.0 Å². The molecule has 0 aliphatic carbocycles. The predicted molar refractivity (Wildman–Crippen MR) is 83.9 cm³/mol. The van der Waals surface area contributed by atoms with Crippen LogP contribution in [0.5, 0.6) is 5.75 Å². The molecule has 3 N–H and O–H groups in total. The van der Waals surface area contributed by atoms with Crippen molar-refractivity contribution in [2.24, 2.45) is 5.73 Å². The first-order chi connectivity index (χ1) is 9.58. The van der Waals surface area contributed by atoms with Crippen LogP contribution in [0.25, 0.3) is 0 Å². The van der Waals surface area contributed by atoms with E-state index in [2.05, 4.69) is 31.9 Å². The van der Waals surface area contributed by atoms with Gasteiger partial charge >= 0.3 is 0 Å². The number of hydrogen-bond donors (Lipinski definition) is 2. The van der Waals surface area contributed by atoms with Crippen molar-refractivity contribution in [2.45, 2.75) is 12.6 Å². The lowest BCUT2D eigenvalue weighted by Gasteiger charge is -2.15. The lowest BCUT2D eigenvalue weighted by Crippen LogP contribution is -2.24. The number of nitrogens with two attached hydrogens (primary N) is 1. The molecule has 1 aromatic rings. The van der Waals surface area contributed by atoms with Gasteiger partial charge in [-0.1, -0.05) is 0 Å². The van der Waals surface area contributed by atoms with E-state index in [1.807, 2.05) is 12.1 Å². The highest BCUT2D eigenvalue weighted by Crippen LogP contribution is 2.34. The van der Waals surface area contributed by atoms with Gasteiger partial charge in [0.25, 0.3) is 0 Å². The Labute approximate surface area is 135 Å². The van der Waals surface area contributed by atoms with Gasteiger partial charge in [-0.3, -0.25) is 0 Å². The third kappa shape index (κ3) is 6.07. The lowest BCUT2D eigenvalue weighted by atomic mass is 10.2. The molecule has 0 heterocycles. The van der Waals surface area contributed by atoms with Crippen molar-refractivity contribution in [3.8, 4) is 5.75 Å². The summed E-state index contributed by atoms with van der Waals surface area (Å²) in [4.78, 5) is 0. The van der Waals surface area contributed by atoms with Gasteiger partial charge < -0.3 is 25.1 Å². The van der Waals surface area contributed by atoms with Crippen molar-refractivity contribution >= 4 is 31.9 Å². The third-order valence-corrected chi connectivity index (χ3v) is 3.63. The van der Waals surface area contributed by atoms with Crippen molar-refractivity contribution in [2.75, 3.05) is 33.5 Å². The molecule has 7 heteroatoms. The zero-order valence-corrected chi connectivity index (χ0v) is 14.4. The van der Waals surface area contributed by atoms with Crippen LogP contribution in [0.1, 0.15) is 5.56 Å². The fourth-order valence-corrected chi connectivity index (χ4v) is 2.97. The van der Waals surface area contributed by atoms with Crippen LogP contribution in [0.4, 0.5) is 0 Å². The van der Waals surface area contributed by atoms with Gasteiger partial charge in [0.05, 0.1) is 28.8 Å². The van der Waals surface area contributed by atoms with E-state index in [9.17, 15) is 5.11 Å². The minimum absolute atomic E-state index is 0.145. The van der Waals surface area contributed by atoms with Gasteiger partial charge in [0.15, 0.2) is 0 Å². The molecule has 0 saturated carbocycles. The van der Waals surface area contributed by atoms with Crippen molar-refractivity contribution < 1.29 is 19.3 Å². The maximum Gasteiger partial charge on any atom is 0.147 e. The minimum atomic E-state index is -0.695. The largest absolute Gasteiger partial charge is 0.488 e. The zero-order chi connectivity index (χ0) is 15.0. The van der Waals surface area contributed by atoms with Gasteiger partial charge in [-0.2, -0.15) is 0 Å². The zero-order valence-electron chi connectivity index (χ0n) is 11.3. The van der Waals surface area contributed by atoms with Crippen molar-refractivity contribution in [1.29, 1.82) is 0 Å². The molecular weight excluding hydrogens is 394 g/mol. The van der Waals surface area contributed by atoms with E-state index >= 15 is 0 Å². The molecule has 0 aliphatic rings. The van der Waals surface area contributed by atoms with Crippen LogP contribution in [-0.4, -0.2) is 44.7 Å². The van der Waals surface area contributed by atoms with E-state index < -0.39 is 6.10 Å². The Hall–Kier alpha value is -0.180. The van der Waals surface area contributed by atoms with E-state index in [0.29, 0.717) is 25.5 Å². The first kappa shape index (κ1) is 17.9. The molecule has 0 spiro atoms. The van der Waals surface area contributed by atoms with Gasteiger partial charge in [-0.15, -0.1) is 0 Å². The maximum atomic E-state index is 9.75. The van der Waals surface area contributed by atoms with Crippen LogP contribution in [0.3, 0.4) is 0 Å². The number of hydrogen-bond acceptors (Lipinski definition) is 5. The summed E-state index contributed by atoms with van der Waals surface area (Å²) >= 11 is 6.84. The number of methoxy groups -OCH3 is 1. The number of aliphatic hydroxyl groups excluding tert-OH is 1. The molecule has 0 aromatic heterocycles. The maximum absolute atomic E-state index is 9.75. The quantitative estimate of drug-likeness (QED) is 0.607. The van der Waals surface area contributed by atoms with Gasteiger partial charge in [0, 0.05) is 13.7 Å². The molecule has 0 amide bonds. The second-order valence-corrected chi connectivity index (χ2v) is 5.83. The van der Waals surface area contributed by atoms with Crippen molar-refractivity contribution in [1.82, 2.24) is 0 Å². The number of halogens is 2. The Bertz CT molecular complexity index is 394. The van der Waals surface area contributed by atoms with Gasteiger partial charge in [-0.25, -0.2) is 0 Å². The smallest absolute Gasteiger partial charge is 0.147 e. The average Bonchev–Trinajstić information content (AvgIpc) is 2.42. The summed E-state index contributed by atoms with van der Waals surface area (Å²) in [5.74, 6) is 0.637. The number of ether oxygens (including phenoxy) is 3. The molecular formula is C13H19Br2NO4. The topological polar surface area (TPSA) is 73.9 Å². The fraction of sp³-hybridized carbons (Fsp3) is 0.538. The van der Waals surface area contributed by atoms with E-state index in [0.717, 1.165) is 14.5 Å². The summed E-state index contributed by atoms with van der Waals surface area (Å²) in [6.45, 7) is 1.76. The van der Waals surface area contributed by atoms with Crippen LogP contribution in [0, 0.1) is 0 Å². The fourth-order valence-electron chi connectivity index (χ4n) is 1.46. The number of rotatable bonds is 9. The van der Waals surface area contributed by atoms with Gasteiger partial charge in [-0.05, 0) is 49.6 Å². The monoisotopic (exact) mass is 411 g/mol. The lowest BCUT2D eigenvalue weighted by molar-refractivity contribution is -0.00440. The highest BCUT2D eigenvalue weighted by molar-refractivity contribution is 9.11. The summed E-state index contributed by atoms with van der Waals surface area (Å²) in [5, 5.41) is 9.75. The van der Waals surface area contributed by atoms with Crippen LogP contribution >= 0.6 is 31.9 Å². The predicted octanol–water partition coefficient (Wildman–Crippen LogP) is 2.07. The molecule has 0 saturated heterocycles. The molecule has 1 aromatic carbocycles. The average molecular weight is 413 g/mol. The third-order valence-electron chi connectivity index (χ3n) is 2.46. The molecule has 1 unspecified atom stereocenters. The molecule has 5 nitrogen and oxygen atoms in total. The van der Waals surface area contributed by atoms with Crippen LogP contribution in [0.2, 0.25) is 0 Å². The molecule has 1 rings (SSSR count). The molecule has 20 heavy (non-hydrogen) atoms. The summed E-state index contributed by atoms with van der Waals surface area (Å²) in [6, 6.07) is 3.78. The van der Waals surface area contributed by atoms with E-state index in [1.165, 1.54) is 0 Å². The molecule has 1 atom stereocenters. The Morgan fingerprint density at radius 2 is 1.85 bits per heavy atom. The Morgan fingerprint density at radius 1 is 1.20 bits per heavy atom. The van der Waals surface area contributed by atoms with Crippen molar-refractivity contribution in [3.63, 3.8) is 0 Å². The standard InChI is InChI=1S/C13H19Br2NO4/c1-18-2-3-19-7-10(17)8-20-13-11(14)4-9(6-16)5-12(13)15/h4-5,10,17H,2-3,6-8,16H2,1H3. The molecule has 0 aliphatic heterocycles. The summed E-state index contributed by atoms with van der Waals surface area (Å²) in [7, 11) is 1.60. The number of benzene rings is 1. The second kappa shape index (κ2) is 9.70. The minimum Gasteiger partial charge on any atom is -0.488 e. The Balaban J connectivity index is 2.45. The summed E-state index contributed by atoms with van der Waals surface area (Å²) < 4.78 is 17.2. The summed E-state index contributed by atoms with van der Waals surface area (Å²) in [5.41, 5.74) is 6.58. The van der Waals surface area contributed by atoms with E-state index in [4.69, 9.17) is 19.9 Å².